The van der Waals surface area contributed by atoms with Crippen molar-refractivity contribution < 1.29 is 0 Å². The molecule has 3 heteroatoms. The summed E-state index contributed by atoms with van der Waals surface area (Å²) in [4.78, 5) is 1.94. The Hall–Kier alpha value is -2.47. The minimum Gasteiger partial charge on any atom is -0.398 e. The average molecular weight is 309 g/mol. The first-order valence-corrected chi connectivity index (χ1v) is 8.08. The fourth-order valence-electron chi connectivity index (χ4n) is 2.39. The smallest absolute Gasteiger partial charge is 0.113 e. The summed E-state index contributed by atoms with van der Waals surface area (Å²) in [5, 5.41) is 8.67. The molecule has 2 N–H and O–H groups in total. The molecule has 0 saturated carbocycles. The van der Waals surface area contributed by atoms with Gasteiger partial charge in [0.05, 0.1) is 6.07 Å². The number of benzene rings is 2. The van der Waals surface area contributed by atoms with Gasteiger partial charge in [-0.1, -0.05) is 44.2 Å². The first kappa shape index (κ1) is 18.6. The van der Waals surface area contributed by atoms with Crippen molar-refractivity contribution in [3.05, 3.63) is 59.7 Å². The van der Waals surface area contributed by atoms with E-state index in [9.17, 15) is 0 Å². The van der Waals surface area contributed by atoms with Gasteiger partial charge in [0.1, 0.15) is 6.04 Å². The Morgan fingerprint density at radius 3 is 2.17 bits per heavy atom. The Labute approximate surface area is 140 Å². The lowest BCUT2D eigenvalue weighted by molar-refractivity contribution is 0.835. The first-order valence-electron chi connectivity index (χ1n) is 8.08. The SMILES string of the molecule is CC(C#N)N(C)c1ccccc1.CCc1cccc(N)c1CC. The molecular formula is C20H27N3. The number of nitrogens with zero attached hydrogens (tertiary/aromatic N) is 2. The van der Waals surface area contributed by atoms with Crippen LogP contribution in [0.1, 0.15) is 31.9 Å². The van der Waals surface area contributed by atoms with Gasteiger partial charge in [0, 0.05) is 18.4 Å². The van der Waals surface area contributed by atoms with E-state index in [1.165, 1.54) is 11.1 Å². The number of hydrogen-bond donors (Lipinski definition) is 1. The minimum atomic E-state index is -0.0765. The third-order valence-electron chi connectivity index (χ3n) is 3.97. The second-order valence-electron chi connectivity index (χ2n) is 5.44. The van der Waals surface area contributed by atoms with Crippen molar-refractivity contribution in [3.8, 4) is 6.07 Å². The van der Waals surface area contributed by atoms with E-state index in [-0.39, 0.29) is 6.04 Å². The molecule has 0 spiro atoms. The molecule has 23 heavy (non-hydrogen) atoms. The summed E-state index contributed by atoms with van der Waals surface area (Å²) < 4.78 is 0. The molecule has 1 unspecified atom stereocenters. The van der Waals surface area contributed by atoms with Crippen LogP contribution < -0.4 is 10.6 Å². The number of nitrogen functional groups attached to an aromatic ring is 1. The van der Waals surface area contributed by atoms with Crippen LogP contribution in [0.2, 0.25) is 0 Å². The highest BCUT2D eigenvalue weighted by Gasteiger charge is 2.06. The van der Waals surface area contributed by atoms with Crippen molar-refractivity contribution in [2.45, 2.75) is 39.7 Å². The van der Waals surface area contributed by atoms with Gasteiger partial charge in [0.25, 0.3) is 0 Å². The second-order valence-corrected chi connectivity index (χ2v) is 5.44. The van der Waals surface area contributed by atoms with Crippen LogP contribution in [0.5, 0.6) is 0 Å². The fraction of sp³-hybridized carbons (Fsp3) is 0.350. The lowest BCUT2D eigenvalue weighted by atomic mass is 10.0. The maximum Gasteiger partial charge on any atom is 0.113 e. The quantitative estimate of drug-likeness (QED) is 0.850. The van der Waals surface area contributed by atoms with Crippen molar-refractivity contribution in [2.75, 3.05) is 17.7 Å². The van der Waals surface area contributed by atoms with E-state index in [4.69, 9.17) is 11.0 Å². The van der Waals surface area contributed by atoms with Crippen LogP contribution in [0.25, 0.3) is 0 Å². The van der Waals surface area contributed by atoms with Gasteiger partial charge in [0.2, 0.25) is 0 Å². The van der Waals surface area contributed by atoms with E-state index in [1.54, 1.807) is 0 Å². The van der Waals surface area contributed by atoms with Crippen LogP contribution in [0.4, 0.5) is 11.4 Å². The number of aryl methyl sites for hydroxylation is 1. The van der Waals surface area contributed by atoms with E-state index in [0.29, 0.717) is 0 Å². The van der Waals surface area contributed by atoms with Gasteiger partial charge in [-0.2, -0.15) is 5.26 Å². The molecule has 0 saturated heterocycles. The summed E-state index contributed by atoms with van der Waals surface area (Å²) >= 11 is 0. The molecule has 0 heterocycles. The molecule has 3 nitrogen and oxygen atoms in total. The monoisotopic (exact) mass is 309 g/mol. The molecule has 1 atom stereocenters. The van der Waals surface area contributed by atoms with Gasteiger partial charge >= 0.3 is 0 Å². The first-order chi connectivity index (χ1) is 11.0. The third-order valence-corrected chi connectivity index (χ3v) is 3.97. The van der Waals surface area contributed by atoms with Crippen molar-refractivity contribution in [1.82, 2.24) is 0 Å². The van der Waals surface area contributed by atoms with Crippen LogP contribution in [-0.4, -0.2) is 13.1 Å². The normalized spacial score (nSPS) is 10.9. The summed E-state index contributed by atoms with van der Waals surface area (Å²) in [5.41, 5.74) is 10.5. The topological polar surface area (TPSA) is 53.0 Å². The summed E-state index contributed by atoms with van der Waals surface area (Å²) in [6, 6.07) is 18.1. The van der Waals surface area contributed by atoms with Crippen molar-refractivity contribution in [3.63, 3.8) is 0 Å². The number of nitriles is 1. The number of nitrogens with two attached hydrogens (primary N) is 1. The van der Waals surface area contributed by atoms with E-state index in [0.717, 1.165) is 24.2 Å². The van der Waals surface area contributed by atoms with Gasteiger partial charge < -0.3 is 10.6 Å². The van der Waals surface area contributed by atoms with Crippen LogP contribution in [-0.2, 0) is 12.8 Å². The van der Waals surface area contributed by atoms with Crippen LogP contribution in [0, 0.1) is 11.3 Å². The zero-order chi connectivity index (χ0) is 17.2. The van der Waals surface area contributed by atoms with Crippen molar-refractivity contribution in [1.29, 1.82) is 5.26 Å². The Morgan fingerprint density at radius 1 is 1.04 bits per heavy atom. The molecule has 0 fully saturated rings. The number of rotatable bonds is 4. The Bertz CT molecular complexity index is 629. The van der Waals surface area contributed by atoms with Gasteiger partial charge in [-0.15, -0.1) is 0 Å². The maximum atomic E-state index is 8.67. The summed E-state index contributed by atoms with van der Waals surface area (Å²) in [7, 11) is 1.92. The Balaban J connectivity index is 0.000000231. The predicted octanol–water partition coefficient (Wildman–Crippen LogP) is 4.43. The lowest BCUT2D eigenvalue weighted by Crippen LogP contribution is -2.26. The highest BCUT2D eigenvalue weighted by molar-refractivity contribution is 5.51. The summed E-state index contributed by atoms with van der Waals surface area (Å²) in [6.07, 6.45) is 2.12. The molecule has 2 rings (SSSR count). The third kappa shape index (κ3) is 5.34. The van der Waals surface area contributed by atoms with Crippen LogP contribution >= 0.6 is 0 Å². The minimum absolute atomic E-state index is 0.0765. The predicted molar refractivity (Wildman–Crippen MR) is 99.5 cm³/mol. The number of anilines is 2. The number of para-hydroxylation sites is 1. The Morgan fingerprint density at radius 2 is 1.70 bits per heavy atom. The zero-order valence-corrected chi connectivity index (χ0v) is 14.6. The molecular weight excluding hydrogens is 282 g/mol. The second kappa shape index (κ2) is 9.53. The summed E-state index contributed by atoms with van der Waals surface area (Å²) in [6.45, 7) is 6.19. The molecule has 0 aromatic heterocycles. The molecule has 0 amide bonds. The van der Waals surface area contributed by atoms with Gasteiger partial charge in [-0.3, -0.25) is 0 Å². The molecule has 2 aromatic carbocycles. The molecule has 0 aliphatic heterocycles. The zero-order valence-electron chi connectivity index (χ0n) is 14.6. The molecule has 122 valence electrons. The standard InChI is InChI=1S/C10H12N2.C10H15N/c1-9(8-11)12(2)10-6-4-3-5-7-10;1-3-8-6-5-7-10(11)9(8)4-2/h3-7,9H,1-2H3;5-7H,3-4,11H2,1-2H3. The Kier molecular flexibility index (Phi) is 7.70. The number of hydrogen-bond acceptors (Lipinski definition) is 3. The highest BCUT2D eigenvalue weighted by atomic mass is 15.1. The highest BCUT2D eigenvalue weighted by Crippen LogP contribution is 2.17. The maximum absolute atomic E-state index is 8.67. The average Bonchev–Trinajstić information content (AvgIpc) is 2.61. The fourth-order valence-corrected chi connectivity index (χ4v) is 2.39. The van der Waals surface area contributed by atoms with E-state index in [1.807, 2.05) is 61.3 Å². The van der Waals surface area contributed by atoms with Gasteiger partial charge in [-0.25, -0.2) is 0 Å². The van der Waals surface area contributed by atoms with E-state index in [2.05, 4.69) is 26.0 Å². The molecule has 0 radical (unpaired) electrons. The van der Waals surface area contributed by atoms with E-state index < -0.39 is 0 Å². The van der Waals surface area contributed by atoms with Crippen LogP contribution in [0.3, 0.4) is 0 Å². The summed E-state index contributed by atoms with van der Waals surface area (Å²) in [5.74, 6) is 0. The molecule has 2 aromatic rings. The van der Waals surface area contributed by atoms with Crippen molar-refractivity contribution >= 4 is 11.4 Å². The van der Waals surface area contributed by atoms with Crippen molar-refractivity contribution in [2.24, 2.45) is 0 Å². The van der Waals surface area contributed by atoms with Gasteiger partial charge in [-0.05, 0) is 49.1 Å². The lowest BCUT2D eigenvalue weighted by Gasteiger charge is -2.21. The largest absolute Gasteiger partial charge is 0.398 e. The molecule has 0 aliphatic carbocycles. The van der Waals surface area contributed by atoms with Crippen LogP contribution in [0.15, 0.2) is 48.5 Å². The van der Waals surface area contributed by atoms with E-state index >= 15 is 0 Å². The molecule has 0 aliphatic rings. The van der Waals surface area contributed by atoms with Gasteiger partial charge in [0.15, 0.2) is 0 Å². The molecule has 0 bridgehead atoms.